The minimum absolute atomic E-state index is 0.146. The van der Waals surface area contributed by atoms with Crippen LogP contribution in [0.2, 0.25) is 0 Å². The minimum atomic E-state index is -3.99. The van der Waals surface area contributed by atoms with E-state index in [2.05, 4.69) is 9.34 Å². The molecule has 0 saturated heterocycles. The number of nitrogens with zero attached hydrogens (tertiary/aromatic N) is 1. The fourth-order valence-electron chi connectivity index (χ4n) is 1.31. The van der Waals surface area contributed by atoms with E-state index < -0.39 is 10.3 Å². The van der Waals surface area contributed by atoms with Crippen LogP contribution in [0.1, 0.15) is 5.69 Å². The molecule has 0 aliphatic carbocycles. The van der Waals surface area contributed by atoms with Crippen LogP contribution in [0.5, 0.6) is 5.75 Å². The standard InChI is InChI=1S/C10H10N2O4S/c1-7-6-10(15-12-7)8-2-4-9(5-3-8)16-17(11,13)14/h2-6H,1H3,(H2,11,13,14). The highest BCUT2D eigenvalue weighted by molar-refractivity contribution is 7.84. The Morgan fingerprint density at radius 2 is 1.94 bits per heavy atom. The number of hydrogen-bond donors (Lipinski definition) is 1. The first-order valence-corrected chi connectivity index (χ1v) is 6.17. The number of aromatic nitrogens is 1. The maximum Gasteiger partial charge on any atom is 0.380 e. The van der Waals surface area contributed by atoms with Crippen LogP contribution < -0.4 is 9.32 Å². The van der Waals surface area contributed by atoms with Gasteiger partial charge in [0.05, 0.1) is 5.69 Å². The van der Waals surface area contributed by atoms with Gasteiger partial charge >= 0.3 is 10.3 Å². The molecule has 2 aromatic rings. The molecule has 2 N–H and O–H groups in total. The topological polar surface area (TPSA) is 95.4 Å². The quantitative estimate of drug-likeness (QED) is 0.888. The van der Waals surface area contributed by atoms with Crippen LogP contribution in [-0.2, 0) is 10.3 Å². The highest BCUT2D eigenvalue weighted by Gasteiger charge is 2.07. The van der Waals surface area contributed by atoms with Crippen molar-refractivity contribution in [3.05, 3.63) is 36.0 Å². The molecule has 0 atom stereocenters. The van der Waals surface area contributed by atoms with Gasteiger partial charge in [0.15, 0.2) is 5.76 Å². The smallest absolute Gasteiger partial charge is 0.371 e. The summed E-state index contributed by atoms with van der Waals surface area (Å²) >= 11 is 0. The van der Waals surface area contributed by atoms with Crippen LogP contribution in [0.3, 0.4) is 0 Å². The fraction of sp³-hybridized carbons (Fsp3) is 0.100. The largest absolute Gasteiger partial charge is 0.380 e. The van der Waals surface area contributed by atoms with E-state index in [-0.39, 0.29) is 5.75 Å². The Kier molecular flexibility index (Phi) is 2.86. The second-order valence-electron chi connectivity index (χ2n) is 3.43. The lowest BCUT2D eigenvalue weighted by Crippen LogP contribution is -2.18. The van der Waals surface area contributed by atoms with Gasteiger partial charge in [0.1, 0.15) is 5.75 Å². The second kappa shape index (κ2) is 4.19. The number of aryl methyl sites for hydroxylation is 1. The summed E-state index contributed by atoms with van der Waals surface area (Å²) in [6, 6.07) is 8.05. The first-order valence-electron chi connectivity index (χ1n) is 4.70. The maximum absolute atomic E-state index is 10.7. The highest BCUT2D eigenvalue weighted by Crippen LogP contribution is 2.23. The summed E-state index contributed by atoms with van der Waals surface area (Å²) in [6.45, 7) is 1.81. The van der Waals surface area contributed by atoms with Gasteiger partial charge in [-0.05, 0) is 31.2 Å². The van der Waals surface area contributed by atoms with Crippen molar-refractivity contribution in [3.8, 4) is 17.1 Å². The van der Waals surface area contributed by atoms with E-state index in [9.17, 15) is 8.42 Å². The Morgan fingerprint density at radius 1 is 1.29 bits per heavy atom. The van der Waals surface area contributed by atoms with Crippen molar-refractivity contribution >= 4 is 10.3 Å². The summed E-state index contributed by atoms with van der Waals surface area (Å²) in [5.41, 5.74) is 1.54. The summed E-state index contributed by atoms with van der Waals surface area (Å²) in [5.74, 6) is 0.747. The van der Waals surface area contributed by atoms with Crippen LogP contribution in [0.15, 0.2) is 34.9 Å². The zero-order valence-electron chi connectivity index (χ0n) is 8.95. The molecule has 1 aromatic carbocycles. The van der Waals surface area contributed by atoms with Gasteiger partial charge in [-0.2, -0.15) is 13.6 Å². The van der Waals surface area contributed by atoms with Crippen molar-refractivity contribution in [2.45, 2.75) is 6.92 Å². The summed E-state index contributed by atoms with van der Waals surface area (Å²) in [5, 5.41) is 8.49. The summed E-state index contributed by atoms with van der Waals surface area (Å²) < 4.78 is 30.9. The molecule has 0 spiro atoms. The zero-order chi connectivity index (χ0) is 12.5. The lowest BCUT2D eigenvalue weighted by atomic mass is 10.1. The van der Waals surface area contributed by atoms with Crippen molar-refractivity contribution < 1.29 is 17.1 Å². The number of nitrogens with two attached hydrogens (primary N) is 1. The van der Waals surface area contributed by atoms with E-state index >= 15 is 0 Å². The monoisotopic (exact) mass is 254 g/mol. The van der Waals surface area contributed by atoms with E-state index in [1.54, 1.807) is 18.2 Å². The van der Waals surface area contributed by atoms with Gasteiger partial charge in [0.25, 0.3) is 0 Å². The van der Waals surface area contributed by atoms with Crippen LogP contribution in [0.25, 0.3) is 11.3 Å². The van der Waals surface area contributed by atoms with Crippen LogP contribution >= 0.6 is 0 Å². The Balaban J connectivity index is 2.24. The Labute approximate surface area is 98.2 Å². The molecule has 0 unspecified atom stereocenters. The lowest BCUT2D eigenvalue weighted by Gasteiger charge is -2.02. The average Bonchev–Trinajstić information content (AvgIpc) is 2.63. The van der Waals surface area contributed by atoms with Gasteiger partial charge in [-0.1, -0.05) is 5.16 Å². The molecule has 17 heavy (non-hydrogen) atoms. The molecule has 2 rings (SSSR count). The third-order valence-electron chi connectivity index (χ3n) is 1.98. The lowest BCUT2D eigenvalue weighted by molar-refractivity contribution is 0.427. The molecular weight excluding hydrogens is 244 g/mol. The molecule has 0 aliphatic heterocycles. The van der Waals surface area contributed by atoms with E-state index in [0.717, 1.165) is 11.3 Å². The highest BCUT2D eigenvalue weighted by atomic mass is 32.2. The third kappa shape index (κ3) is 3.05. The number of benzene rings is 1. The fourth-order valence-corrected chi connectivity index (χ4v) is 1.69. The Morgan fingerprint density at radius 3 is 2.41 bits per heavy atom. The molecular formula is C10H10N2O4S. The molecule has 0 fully saturated rings. The SMILES string of the molecule is Cc1cc(-c2ccc(OS(N)(=O)=O)cc2)on1. The van der Waals surface area contributed by atoms with Crippen molar-refractivity contribution in [1.82, 2.24) is 5.16 Å². The Hall–Kier alpha value is -1.86. The van der Waals surface area contributed by atoms with Crippen LogP contribution in [0.4, 0.5) is 0 Å². The molecule has 0 amide bonds. The molecule has 0 aliphatic rings. The number of hydrogen-bond acceptors (Lipinski definition) is 5. The van der Waals surface area contributed by atoms with Crippen LogP contribution in [0, 0.1) is 6.92 Å². The van der Waals surface area contributed by atoms with Crippen molar-refractivity contribution in [2.75, 3.05) is 0 Å². The third-order valence-corrected chi connectivity index (χ3v) is 2.40. The zero-order valence-corrected chi connectivity index (χ0v) is 9.77. The van der Waals surface area contributed by atoms with E-state index in [1.165, 1.54) is 12.1 Å². The van der Waals surface area contributed by atoms with Crippen molar-refractivity contribution in [1.29, 1.82) is 0 Å². The predicted octanol–water partition coefficient (Wildman–Crippen LogP) is 1.23. The molecule has 7 heteroatoms. The second-order valence-corrected chi connectivity index (χ2v) is 4.59. The molecule has 6 nitrogen and oxygen atoms in total. The maximum atomic E-state index is 10.7. The van der Waals surface area contributed by atoms with Gasteiger partial charge in [-0.15, -0.1) is 0 Å². The predicted molar refractivity (Wildman–Crippen MR) is 60.4 cm³/mol. The van der Waals surface area contributed by atoms with Gasteiger partial charge in [0, 0.05) is 11.6 Å². The number of rotatable bonds is 3. The molecule has 0 bridgehead atoms. The first-order chi connectivity index (χ1) is 7.94. The average molecular weight is 254 g/mol. The molecule has 0 saturated carbocycles. The van der Waals surface area contributed by atoms with Crippen LogP contribution in [-0.4, -0.2) is 13.6 Å². The molecule has 0 radical (unpaired) electrons. The summed E-state index contributed by atoms with van der Waals surface area (Å²) in [4.78, 5) is 0. The van der Waals surface area contributed by atoms with Gasteiger partial charge < -0.3 is 8.71 Å². The normalized spacial score (nSPS) is 11.4. The van der Waals surface area contributed by atoms with Gasteiger partial charge in [0.2, 0.25) is 0 Å². The molecule has 1 aromatic heterocycles. The van der Waals surface area contributed by atoms with E-state index in [4.69, 9.17) is 9.66 Å². The van der Waals surface area contributed by atoms with Crippen molar-refractivity contribution in [3.63, 3.8) is 0 Å². The molecule has 1 heterocycles. The van der Waals surface area contributed by atoms with E-state index in [0.29, 0.717) is 5.76 Å². The molecule has 90 valence electrons. The summed E-state index contributed by atoms with van der Waals surface area (Å²) in [7, 11) is -3.99. The summed E-state index contributed by atoms with van der Waals surface area (Å²) in [6.07, 6.45) is 0. The minimum Gasteiger partial charge on any atom is -0.371 e. The Bertz CT molecular complexity index is 616. The van der Waals surface area contributed by atoms with E-state index in [1.807, 2.05) is 6.92 Å². The van der Waals surface area contributed by atoms with Gasteiger partial charge in [-0.3, -0.25) is 0 Å². The first kappa shape index (κ1) is 11.6. The van der Waals surface area contributed by atoms with Gasteiger partial charge in [-0.25, -0.2) is 0 Å². The van der Waals surface area contributed by atoms with Crippen molar-refractivity contribution in [2.24, 2.45) is 5.14 Å².